The van der Waals surface area contributed by atoms with Crippen LogP contribution >= 0.6 is 0 Å². The zero-order valence-corrected chi connectivity index (χ0v) is 47.3. The molecule has 0 aliphatic carbocycles. The Balaban J connectivity index is 0.000000304. The minimum absolute atomic E-state index is 0. The average Bonchev–Trinajstić information content (AvgIpc) is 3.87. The summed E-state index contributed by atoms with van der Waals surface area (Å²) in [7, 11) is -8.97. The molecule has 6 rings (SSSR count). The average molecular weight is 1040 g/mol. The molecule has 0 amide bonds. The molecule has 2 heterocycles. The van der Waals surface area contributed by atoms with E-state index < -0.39 is 20.2 Å². The summed E-state index contributed by atoms with van der Waals surface area (Å²) in [6, 6.07) is 29.7. The minimum atomic E-state index is -4.48. The molecule has 0 saturated heterocycles. The summed E-state index contributed by atoms with van der Waals surface area (Å²) in [6.45, 7) is 5.88. The summed E-state index contributed by atoms with van der Waals surface area (Å²) >= 11 is 0. The molecule has 0 saturated carbocycles. The van der Waals surface area contributed by atoms with E-state index in [9.17, 15) is 25.9 Å². The normalized spacial score (nSPS) is 15.0. The van der Waals surface area contributed by atoms with Gasteiger partial charge in [0, 0.05) is 13.1 Å². The number of anilines is 4. The van der Waals surface area contributed by atoms with E-state index in [1.165, 1.54) is 178 Å². The second-order valence-electron chi connectivity index (χ2n) is 19.9. The van der Waals surface area contributed by atoms with Gasteiger partial charge in [-0.1, -0.05) is 229 Å². The number of hydrogen-bond acceptors (Lipinski definition) is 10. The Labute approximate surface area is 460 Å². The van der Waals surface area contributed by atoms with E-state index in [1.54, 1.807) is 12.1 Å². The van der Waals surface area contributed by atoms with Crippen LogP contribution in [0.5, 0.6) is 0 Å². The second-order valence-corrected chi connectivity index (χ2v) is 22.6. The standard InChI is InChI=1S/2C29H44N2O3S.Ca/c2*1-2-3-4-5-6-7-8-9-10-11-12-13-17-20-29-30-27-22-21-26(35(32,33)34)23-28(27)31(29)24-25-18-15-14-16-19-25;/h2*14-16,18-19,21-23,29-30H,2-13,17,20,24H2,1H3,(H,32,33,34);/q;;+2/p-2. The molecule has 4 aromatic carbocycles. The molecular formula is C58H86CaN4O6S2. The van der Waals surface area contributed by atoms with Crippen LogP contribution in [-0.2, 0) is 33.3 Å². The summed E-state index contributed by atoms with van der Waals surface area (Å²) in [5, 5.41) is 7.11. The van der Waals surface area contributed by atoms with Crippen LogP contribution in [0, 0.1) is 0 Å². The Hall–Kier alpha value is -2.84. The van der Waals surface area contributed by atoms with Crippen molar-refractivity contribution in [2.24, 2.45) is 0 Å². The van der Waals surface area contributed by atoms with Crippen molar-refractivity contribution in [3.05, 3.63) is 108 Å². The van der Waals surface area contributed by atoms with Gasteiger partial charge in [-0.25, -0.2) is 16.8 Å². The first-order valence-electron chi connectivity index (χ1n) is 27.3. The molecule has 4 aromatic rings. The van der Waals surface area contributed by atoms with Crippen LogP contribution in [0.2, 0.25) is 0 Å². The molecule has 2 unspecified atom stereocenters. The minimum Gasteiger partial charge on any atom is -0.744 e. The topological polar surface area (TPSA) is 145 Å². The van der Waals surface area contributed by atoms with Gasteiger partial charge in [0.1, 0.15) is 20.2 Å². The fraction of sp³-hybridized carbons (Fsp3) is 0.586. The van der Waals surface area contributed by atoms with Gasteiger partial charge in [-0.05, 0) is 73.2 Å². The molecule has 2 aliphatic rings. The molecular weight excluding hydrogens is 953 g/mol. The Kier molecular flexibility index (Phi) is 29.0. The number of nitrogens with one attached hydrogen (secondary N) is 2. The van der Waals surface area contributed by atoms with Gasteiger partial charge in [-0.2, -0.15) is 0 Å². The van der Waals surface area contributed by atoms with Gasteiger partial charge in [0.05, 0.1) is 44.9 Å². The molecule has 71 heavy (non-hydrogen) atoms. The van der Waals surface area contributed by atoms with Gasteiger partial charge in [-0.15, -0.1) is 0 Å². The van der Waals surface area contributed by atoms with Crippen molar-refractivity contribution >= 4 is 80.7 Å². The van der Waals surface area contributed by atoms with Crippen molar-refractivity contribution in [3.8, 4) is 0 Å². The zero-order chi connectivity index (χ0) is 49.9. The predicted molar refractivity (Wildman–Crippen MR) is 295 cm³/mol. The van der Waals surface area contributed by atoms with E-state index in [0.717, 1.165) is 59.6 Å². The number of fused-ring (bicyclic) bond motifs is 2. The van der Waals surface area contributed by atoms with Gasteiger partial charge in [0.15, 0.2) is 0 Å². The zero-order valence-electron chi connectivity index (χ0n) is 43.5. The van der Waals surface area contributed by atoms with Crippen LogP contribution in [0.4, 0.5) is 22.7 Å². The molecule has 2 N–H and O–H groups in total. The maximum Gasteiger partial charge on any atom is 2.00 e. The van der Waals surface area contributed by atoms with Crippen molar-refractivity contribution in [1.29, 1.82) is 0 Å². The number of nitrogens with zero attached hydrogens (tertiary/aromatic N) is 2. The van der Waals surface area contributed by atoms with Crippen LogP contribution in [0.3, 0.4) is 0 Å². The molecule has 2 atom stereocenters. The molecule has 10 nitrogen and oxygen atoms in total. The van der Waals surface area contributed by atoms with Gasteiger partial charge in [-0.3, -0.25) is 0 Å². The van der Waals surface area contributed by atoms with Crippen LogP contribution in [0.15, 0.2) is 107 Å². The quantitative estimate of drug-likeness (QED) is 0.0263. The van der Waals surface area contributed by atoms with E-state index in [-0.39, 0.29) is 59.9 Å². The molecule has 0 radical (unpaired) electrons. The Bertz CT molecular complexity index is 2130. The first-order chi connectivity index (χ1) is 34.0. The first kappa shape index (κ1) is 60.7. The monoisotopic (exact) mass is 1040 g/mol. The number of hydrogen-bond donors (Lipinski definition) is 2. The van der Waals surface area contributed by atoms with E-state index >= 15 is 0 Å². The number of benzene rings is 4. The fourth-order valence-electron chi connectivity index (χ4n) is 10.0. The molecule has 388 valence electrons. The van der Waals surface area contributed by atoms with E-state index in [2.05, 4.69) is 58.5 Å². The van der Waals surface area contributed by atoms with Gasteiger partial charge >= 0.3 is 37.7 Å². The van der Waals surface area contributed by atoms with Crippen molar-refractivity contribution in [2.75, 3.05) is 20.4 Å². The van der Waals surface area contributed by atoms with E-state index in [4.69, 9.17) is 0 Å². The number of unbranched alkanes of at least 4 members (excludes halogenated alkanes) is 24. The fourth-order valence-corrected chi connectivity index (χ4v) is 11.0. The van der Waals surface area contributed by atoms with E-state index in [0.29, 0.717) is 13.1 Å². The van der Waals surface area contributed by atoms with Crippen LogP contribution < -0.4 is 20.4 Å². The summed E-state index contributed by atoms with van der Waals surface area (Å²) in [5.41, 5.74) is 5.71. The summed E-state index contributed by atoms with van der Waals surface area (Å²) in [4.78, 5) is 4.08. The van der Waals surface area contributed by atoms with Gasteiger partial charge < -0.3 is 29.5 Å². The summed E-state index contributed by atoms with van der Waals surface area (Å²) in [6.07, 6.45) is 36.8. The van der Waals surface area contributed by atoms with Crippen molar-refractivity contribution in [1.82, 2.24) is 0 Å². The van der Waals surface area contributed by atoms with Crippen LogP contribution in [0.1, 0.15) is 205 Å². The Morgan fingerprint density at radius 3 is 0.972 bits per heavy atom. The van der Waals surface area contributed by atoms with Crippen molar-refractivity contribution < 1.29 is 25.9 Å². The molecule has 13 heteroatoms. The third-order valence-corrected chi connectivity index (χ3v) is 15.7. The maximum absolute atomic E-state index is 11.6. The third kappa shape index (κ3) is 22.3. The van der Waals surface area contributed by atoms with Crippen LogP contribution in [-0.4, -0.2) is 76.0 Å². The molecule has 0 spiro atoms. The summed E-state index contributed by atoms with van der Waals surface area (Å²) < 4.78 is 69.6. The van der Waals surface area contributed by atoms with Crippen molar-refractivity contribution in [2.45, 2.75) is 229 Å². The van der Waals surface area contributed by atoms with Gasteiger partial charge in [0.2, 0.25) is 0 Å². The SMILES string of the molecule is CCCCCCCCCCCCCCCC1Nc2ccc(S(=O)(=O)[O-])cc2N1Cc1ccccc1.CCCCCCCCCCCCCCCC1Nc2ccc(S(=O)(=O)[O-])cc2N1Cc1ccccc1.[Ca+2]. The van der Waals surface area contributed by atoms with E-state index in [1.807, 2.05) is 36.4 Å². The largest absolute Gasteiger partial charge is 2.00 e. The first-order valence-corrected chi connectivity index (χ1v) is 30.1. The molecule has 0 fully saturated rings. The number of rotatable bonds is 34. The maximum atomic E-state index is 11.6. The molecule has 0 bridgehead atoms. The van der Waals surface area contributed by atoms with Crippen molar-refractivity contribution in [3.63, 3.8) is 0 Å². The molecule has 2 aliphatic heterocycles. The molecule has 0 aromatic heterocycles. The van der Waals surface area contributed by atoms with Crippen LogP contribution in [0.25, 0.3) is 0 Å². The smallest absolute Gasteiger partial charge is 0.744 e. The Morgan fingerprint density at radius 1 is 0.408 bits per heavy atom. The predicted octanol–water partition coefficient (Wildman–Crippen LogP) is 15.3. The summed E-state index contributed by atoms with van der Waals surface area (Å²) in [5.74, 6) is 0. The third-order valence-electron chi connectivity index (χ3n) is 14.1. The Morgan fingerprint density at radius 2 is 0.690 bits per heavy atom. The second kappa shape index (κ2) is 33.9. The van der Waals surface area contributed by atoms with Gasteiger partial charge in [0.25, 0.3) is 0 Å².